The summed E-state index contributed by atoms with van der Waals surface area (Å²) in [6, 6.07) is 3.77. The first kappa shape index (κ1) is 20.8. The Balaban J connectivity index is 1.50. The van der Waals surface area contributed by atoms with Crippen LogP contribution in [0.2, 0.25) is 0 Å². The molecule has 150 valence electrons. The standard InChI is InChI=1S/C20H27ClO5S/c1-24-20(23)18-9-8-13(27-18)5-4-6-14-15(12-22)17(11-16(14)21)26-19-7-2-3-10-25-19/h8-9,12,14-17,19H,2-7,10-11H2,1H3/t14-,15?,16?,17-,19?/m1/s1. The van der Waals surface area contributed by atoms with Gasteiger partial charge in [0.05, 0.1) is 13.2 Å². The van der Waals surface area contributed by atoms with Crippen LogP contribution in [0.1, 0.15) is 53.1 Å². The number of ether oxygens (including phenoxy) is 3. The van der Waals surface area contributed by atoms with E-state index in [1.807, 2.05) is 6.07 Å². The molecule has 3 rings (SSSR count). The average Bonchev–Trinajstić information content (AvgIpc) is 3.27. The molecule has 7 heteroatoms. The summed E-state index contributed by atoms with van der Waals surface area (Å²) in [5.41, 5.74) is 0. The van der Waals surface area contributed by atoms with E-state index in [0.717, 1.165) is 56.3 Å². The van der Waals surface area contributed by atoms with Gasteiger partial charge in [0.2, 0.25) is 0 Å². The summed E-state index contributed by atoms with van der Waals surface area (Å²) in [7, 11) is 1.39. The summed E-state index contributed by atoms with van der Waals surface area (Å²) < 4.78 is 16.5. The first-order chi connectivity index (χ1) is 13.1. The number of carbonyl (C=O) groups excluding carboxylic acids is 2. The van der Waals surface area contributed by atoms with E-state index in [9.17, 15) is 9.59 Å². The molecule has 1 saturated heterocycles. The number of esters is 1. The third kappa shape index (κ3) is 5.31. The monoisotopic (exact) mass is 414 g/mol. The molecule has 5 nitrogen and oxygen atoms in total. The number of alkyl halides is 1. The van der Waals surface area contributed by atoms with Crippen molar-refractivity contribution in [2.45, 2.75) is 62.7 Å². The number of hydrogen-bond acceptors (Lipinski definition) is 6. The van der Waals surface area contributed by atoms with E-state index in [1.165, 1.54) is 18.4 Å². The fourth-order valence-electron chi connectivity index (χ4n) is 4.03. The molecule has 0 aromatic carbocycles. The maximum absolute atomic E-state index is 11.7. The van der Waals surface area contributed by atoms with E-state index in [4.69, 9.17) is 25.8 Å². The van der Waals surface area contributed by atoms with Gasteiger partial charge in [-0.15, -0.1) is 22.9 Å². The van der Waals surface area contributed by atoms with Crippen LogP contribution in [0.3, 0.4) is 0 Å². The number of thiophene rings is 1. The lowest BCUT2D eigenvalue weighted by molar-refractivity contribution is -0.194. The van der Waals surface area contributed by atoms with E-state index < -0.39 is 0 Å². The van der Waals surface area contributed by atoms with Gasteiger partial charge in [-0.3, -0.25) is 0 Å². The van der Waals surface area contributed by atoms with E-state index in [0.29, 0.717) is 11.3 Å². The van der Waals surface area contributed by atoms with E-state index in [-0.39, 0.29) is 35.6 Å². The van der Waals surface area contributed by atoms with E-state index >= 15 is 0 Å². The van der Waals surface area contributed by atoms with Crippen LogP contribution in [0.25, 0.3) is 0 Å². The van der Waals surface area contributed by atoms with Crippen LogP contribution in [0.5, 0.6) is 0 Å². The number of halogens is 1. The SMILES string of the molecule is COC(=O)c1ccc(CCC[C@H]2C(Cl)C[C@@H](OC3CCCCO3)C2C=O)s1. The minimum absolute atomic E-state index is 0.0530. The fraction of sp³-hybridized carbons (Fsp3) is 0.700. The lowest BCUT2D eigenvalue weighted by Gasteiger charge is -2.28. The maximum atomic E-state index is 11.7. The largest absolute Gasteiger partial charge is 0.465 e. The predicted molar refractivity (Wildman–Crippen MR) is 104 cm³/mol. The quantitative estimate of drug-likeness (QED) is 0.362. The van der Waals surface area contributed by atoms with Gasteiger partial charge in [-0.2, -0.15) is 0 Å². The van der Waals surface area contributed by atoms with Gasteiger partial charge < -0.3 is 19.0 Å². The first-order valence-electron chi connectivity index (χ1n) is 9.66. The molecule has 0 N–H and O–H groups in total. The normalized spacial score (nSPS) is 31.0. The van der Waals surface area contributed by atoms with Gasteiger partial charge in [-0.1, -0.05) is 0 Å². The second-order valence-electron chi connectivity index (χ2n) is 7.25. The van der Waals surface area contributed by atoms with Crippen molar-refractivity contribution >= 4 is 35.2 Å². The minimum atomic E-state index is -0.297. The molecule has 1 aliphatic heterocycles. The highest BCUT2D eigenvalue weighted by Crippen LogP contribution is 2.41. The third-order valence-corrected chi connectivity index (χ3v) is 7.10. The highest BCUT2D eigenvalue weighted by molar-refractivity contribution is 7.13. The molecule has 1 saturated carbocycles. The number of methoxy groups -OCH3 is 1. The van der Waals surface area contributed by atoms with Crippen molar-refractivity contribution in [2.75, 3.05) is 13.7 Å². The van der Waals surface area contributed by atoms with Crippen molar-refractivity contribution in [1.82, 2.24) is 0 Å². The number of aryl methyl sites for hydroxylation is 1. The number of rotatable bonds is 8. The van der Waals surface area contributed by atoms with Crippen molar-refractivity contribution in [3.63, 3.8) is 0 Å². The molecular formula is C20H27ClO5S. The summed E-state index contributed by atoms with van der Waals surface area (Å²) in [6.45, 7) is 0.727. The van der Waals surface area contributed by atoms with Gasteiger partial charge in [0, 0.05) is 22.8 Å². The predicted octanol–water partition coefficient (Wildman–Crippen LogP) is 4.21. The molecule has 3 unspecified atom stereocenters. The average molecular weight is 415 g/mol. The first-order valence-corrected chi connectivity index (χ1v) is 10.9. The van der Waals surface area contributed by atoms with Crippen molar-refractivity contribution < 1.29 is 23.8 Å². The molecule has 2 heterocycles. The molecule has 1 aromatic heterocycles. The Kier molecular flexibility index (Phi) is 7.70. The zero-order valence-electron chi connectivity index (χ0n) is 15.6. The van der Waals surface area contributed by atoms with Gasteiger partial charge in [0.15, 0.2) is 6.29 Å². The third-order valence-electron chi connectivity index (χ3n) is 5.48. The summed E-state index contributed by atoms with van der Waals surface area (Å²) in [5, 5.41) is -0.0530. The highest BCUT2D eigenvalue weighted by Gasteiger charge is 2.43. The smallest absolute Gasteiger partial charge is 0.348 e. The van der Waals surface area contributed by atoms with Crippen LogP contribution in [-0.4, -0.2) is 43.7 Å². The van der Waals surface area contributed by atoms with Gasteiger partial charge in [-0.05, 0) is 63.0 Å². The van der Waals surface area contributed by atoms with Gasteiger partial charge >= 0.3 is 5.97 Å². The van der Waals surface area contributed by atoms with Crippen LogP contribution in [0.15, 0.2) is 12.1 Å². The van der Waals surface area contributed by atoms with Crippen molar-refractivity contribution in [2.24, 2.45) is 11.8 Å². The zero-order valence-corrected chi connectivity index (χ0v) is 17.2. The van der Waals surface area contributed by atoms with Crippen LogP contribution in [-0.2, 0) is 25.4 Å². The lowest BCUT2D eigenvalue weighted by atomic mass is 9.91. The Hall–Kier alpha value is -0.950. The Morgan fingerprint density at radius 1 is 1.41 bits per heavy atom. The van der Waals surface area contributed by atoms with E-state index in [1.54, 1.807) is 6.07 Å². The molecule has 0 radical (unpaired) electrons. The fourth-order valence-corrected chi connectivity index (χ4v) is 5.46. The van der Waals surface area contributed by atoms with Crippen molar-refractivity contribution in [3.8, 4) is 0 Å². The molecule has 0 bridgehead atoms. The summed E-state index contributed by atoms with van der Waals surface area (Å²) >= 11 is 8.03. The number of hydrogen-bond donors (Lipinski definition) is 0. The second kappa shape index (κ2) is 10.0. The minimum Gasteiger partial charge on any atom is -0.465 e. The molecule has 1 aromatic rings. The van der Waals surface area contributed by atoms with Crippen LogP contribution in [0, 0.1) is 11.8 Å². The Labute approximate surface area is 169 Å². The van der Waals surface area contributed by atoms with Gasteiger partial charge in [-0.25, -0.2) is 4.79 Å². The molecule has 27 heavy (non-hydrogen) atoms. The Bertz CT molecular complexity index is 628. The molecule has 1 aliphatic carbocycles. The van der Waals surface area contributed by atoms with Crippen molar-refractivity contribution in [1.29, 1.82) is 0 Å². The molecule has 2 aliphatic rings. The zero-order chi connectivity index (χ0) is 19.2. The highest BCUT2D eigenvalue weighted by atomic mass is 35.5. The van der Waals surface area contributed by atoms with Crippen LogP contribution < -0.4 is 0 Å². The van der Waals surface area contributed by atoms with Gasteiger partial charge in [0.25, 0.3) is 0 Å². The van der Waals surface area contributed by atoms with Crippen molar-refractivity contribution in [3.05, 3.63) is 21.9 Å². The molecule has 0 spiro atoms. The van der Waals surface area contributed by atoms with Gasteiger partial charge in [0.1, 0.15) is 11.2 Å². The topological polar surface area (TPSA) is 61.8 Å². The Morgan fingerprint density at radius 3 is 2.96 bits per heavy atom. The second-order valence-corrected chi connectivity index (χ2v) is 8.98. The Morgan fingerprint density at radius 2 is 2.26 bits per heavy atom. The van der Waals surface area contributed by atoms with Crippen LogP contribution in [0.4, 0.5) is 0 Å². The summed E-state index contributed by atoms with van der Waals surface area (Å²) in [5.74, 6) is -0.349. The number of aldehydes is 1. The molecular weight excluding hydrogens is 388 g/mol. The molecule has 5 atom stereocenters. The molecule has 2 fully saturated rings. The van der Waals surface area contributed by atoms with Crippen LogP contribution >= 0.6 is 22.9 Å². The maximum Gasteiger partial charge on any atom is 0.348 e. The number of carbonyl (C=O) groups is 2. The van der Waals surface area contributed by atoms with E-state index in [2.05, 4.69) is 0 Å². The lowest BCUT2D eigenvalue weighted by Crippen LogP contribution is -2.32. The molecule has 0 amide bonds. The summed E-state index contributed by atoms with van der Waals surface area (Å²) in [4.78, 5) is 25.0. The summed E-state index contributed by atoms with van der Waals surface area (Å²) in [6.07, 6.45) is 7.09.